The number of carbonyl (C=O) groups is 1. The highest BCUT2D eigenvalue weighted by Gasteiger charge is 2.47. The third-order valence-electron chi connectivity index (χ3n) is 5.71. The fourth-order valence-corrected chi connectivity index (χ4v) is 4.67. The van der Waals surface area contributed by atoms with E-state index in [0.29, 0.717) is 5.56 Å². The highest BCUT2D eigenvalue weighted by molar-refractivity contribution is 6.01. The van der Waals surface area contributed by atoms with E-state index < -0.39 is 11.4 Å². The maximum Gasteiger partial charge on any atom is 0.336 e. The van der Waals surface area contributed by atoms with Crippen LogP contribution in [0.25, 0.3) is 11.1 Å². The molecule has 0 saturated carbocycles. The lowest BCUT2D eigenvalue weighted by molar-refractivity contribution is 0.0697. The number of carboxylic acids is 1. The van der Waals surface area contributed by atoms with Crippen molar-refractivity contribution in [2.45, 2.75) is 5.41 Å². The standard InChI is InChI=1S/C26H18O2/c27-25(28)21-15-9-17-23-24(21)20-14-7-8-16-22(20)26(23,18-10-3-1-4-11-18)19-12-5-2-6-13-19/h1-17H,(H,27,28). The first-order valence-corrected chi connectivity index (χ1v) is 9.32. The Morgan fingerprint density at radius 1 is 0.607 bits per heavy atom. The van der Waals surface area contributed by atoms with Gasteiger partial charge in [0.2, 0.25) is 0 Å². The predicted octanol–water partition coefficient (Wildman–Crippen LogP) is 5.75. The summed E-state index contributed by atoms with van der Waals surface area (Å²) in [6, 6.07) is 34.5. The van der Waals surface area contributed by atoms with Crippen molar-refractivity contribution >= 4 is 5.97 Å². The number of rotatable bonds is 3. The van der Waals surface area contributed by atoms with Gasteiger partial charge in [0.15, 0.2) is 0 Å². The predicted molar refractivity (Wildman–Crippen MR) is 111 cm³/mol. The molecule has 0 spiro atoms. The van der Waals surface area contributed by atoms with Gasteiger partial charge in [0.05, 0.1) is 11.0 Å². The fourth-order valence-electron chi connectivity index (χ4n) is 4.67. The molecular weight excluding hydrogens is 344 g/mol. The van der Waals surface area contributed by atoms with Crippen LogP contribution in [0.2, 0.25) is 0 Å². The van der Waals surface area contributed by atoms with Crippen LogP contribution in [0.1, 0.15) is 32.6 Å². The van der Waals surface area contributed by atoms with E-state index in [1.807, 2.05) is 60.7 Å². The number of carboxylic acid groups (broad SMARTS) is 1. The van der Waals surface area contributed by atoms with Crippen LogP contribution in [0.3, 0.4) is 0 Å². The lowest BCUT2D eigenvalue weighted by atomic mass is 9.67. The third-order valence-corrected chi connectivity index (χ3v) is 5.71. The highest BCUT2D eigenvalue weighted by atomic mass is 16.4. The normalized spacial score (nSPS) is 13.6. The molecule has 2 heteroatoms. The summed E-state index contributed by atoms with van der Waals surface area (Å²) in [4.78, 5) is 12.1. The number of aromatic carboxylic acids is 1. The zero-order chi connectivity index (χ0) is 19.1. The van der Waals surface area contributed by atoms with Crippen molar-refractivity contribution in [2.24, 2.45) is 0 Å². The molecule has 0 fully saturated rings. The van der Waals surface area contributed by atoms with E-state index in [1.165, 1.54) is 0 Å². The molecule has 134 valence electrons. The Morgan fingerprint density at radius 2 is 1.14 bits per heavy atom. The molecular formula is C26H18O2. The largest absolute Gasteiger partial charge is 0.478 e. The molecule has 0 amide bonds. The smallest absolute Gasteiger partial charge is 0.336 e. The molecule has 0 unspecified atom stereocenters. The minimum Gasteiger partial charge on any atom is -0.478 e. The van der Waals surface area contributed by atoms with E-state index in [9.17, 15) is 9.90 Å². The Morgan fingerprint density at radius 3 is 1.75 bits per heavy atom. The summed E-state index contributed by atoms with van der Waals surface area (Å²) in [5, 5.41) is 9.89. The van der Waals surface area contributed by atoms with Crippen LogP contribution >= 0.6 is 0 Å². The molecule has 0 bridgehead atoms. The van der Waals surface area contributed by atoms with Gasteiger partial charge in [-0.05, 0) is 33.9 Å². The summed E-state index contributed by atoms with van der Waals surface area (Å²) in [7, 11) is 0. The molecule has 1 N–H and O–H groups in total. The molecule has 0 saturated heterocycles. The summed E-state index contributed by atoms with van der Waals surface area (Å²) >= 11 is 0. The van der Waals surface area contributed by atoms with E-state index >= 15 is 0 Å². The van der Waals surface area contributed by atoms with Gasteiger partial charge in [-0.1, -0.05) is 97.1 Å². The van der Waals surface area contributed by atoms with Crippen molar-refractivity contribution in [1.29, 1.82) is 0 Å². The van der Waals surface area contributed by atoms with Gasteiger partial charge in [0, 0.05) is 5.56 Å². The first-order chi connectivity index (χ1) is 13.7. The van der Waals surface area contributed by atoms with Crippen molar-refractivity contribution in [3.63, 3.8) is 0 Å². The van der Waals surface area contributed by atoms with Crippen LogP contribution in [0.15, 0.2) is 103 Å². The second-order valence-corrected chi connectivity index (χ2v) is 7.06. The van der Waals surface area contributed by atoms with Gasteiger partial charge in [0.1, 0.15) is 0 Å². The second kappa shape index (κ2) is 6.21. The average Bonchev–Trinajstić information content (AvgIpc) is 3.06. The summed E-state index contributed by atoms with van der Waals surface area (Å²) < 4.78 is 0. The van der Waals surface area contributed by atoms with Crippen LogP contribution < -0.4 is 0 Å². The van der Waals surface area contributed by atoms with Crippen LogP contribution in [0.4, 0.5) is 0 Å². The van der Waals surface area contributed by atoms with E-state index in [1.54, 1.807) is 6.07 Å². The van der Waals surface area contributed by atoms with Gasteiger partial charge in [0.25, 0.3) is 0 Å². The molecule has 0 atom stereocenters. The molecule has 2 nitrogen and oxygen atoms in total. The van der Waals surface area contributed by atoms with E-state index in [0.717, 1.165) is 33.4 Å². The van der Waals surface area contributed by atoms with Crippen LogP contribution in [-0.4, -0.2) is 11.1 Å². The summed E-state index contributed by atoms with van der Waals surface area (Å²) in [5.74, 6) is -0.899. The Hall–Kier alpha value is -3.65. The minimum absolute atomic E-state index is 0.346. The Kier molecular flexibility index (Phi) is 3.66. The maximum absolute atomic E-state index is 12.1. The van der Waals surface area contributed by atoms with Gasteiger partial charge in [-0.15, -0.1) is 0 Å². The van der Waals surface area contributed by atoms with Gasteiger partial charge in [-0.3, -0.25) is 0 Å². The van der Waals surface area contributed by atoms with Crippen molar-refractivity contribution < 1.29 is 9.90 Å². The van der Waals surface area contributed by atoms with Crippen molar-refractivity contribution in [2.75, 3.05) is 0 Å². The lowest BCUT2D eigenvalue weighted by Crippen LogP contribution is -2.28. The molecule has 0 radical (unpaired) electrons. The Labute approximate surface area is 163 Å². The van der Waals surface area contributed by atoms with E-state index in [-0.39, 0.29) is 0 Å². The molecule has 0 aliphatic heterocycles. The minimum atomic E-state index is -0.899. The number of hydrogen-bond donors (Lipinski definition) is 1. The number of fused-ring (bicyclic) bond motifs is 3. The van der Waals surface area contributed by atoms with Crippen LogP contribution in [0.5, 0.6) is 0 Å². The molecule has 1 aliphatic carbocycles. The van der Waals surface area contributed by atoms with Gasteiger partial charge in [-0.2, -0.15) is 0 Å². The van der Waals surface area contributed by atoms with Crippen LogP contribution in [-0.2, 0) is 5.41 Å². The van der Waals surface area contributed by atoms with Gasteiger partial charge < -0.3 is 5.11 Å². The molecule has 4 aromatic carbocycles. The fraction of sp³-hybridized carbons (Fsp3) is 0.0385. The maximum atomic E-state index is 12.1. The third kappa shape index (κ3) is 2.12. The highest BCUT2D eigenvalue weighted by Crippen LogP contribution is 2.56. The van der Waals surface area contributed by atoms with Crippen LogP contribution in [0, 0.1) is 0 Å². The van der Waals surface area contributed by atoms with Crippen molar-refractivity contribution in [1.82, 2.24) is 0 Å². The molecule has 4 aromatic rings. The van der Waals surface area contributed by atoms with Gasteiger partial charge >= 0.3 is 5.97 Å². The molecule has 0 heterocycles. The Balaban J connectivity index is 2.00. The van der Waals surface area contributed by atoms with Crippen molar-refractivity contribution in [3.05, 3.63) is 131 Å². The molecule has 28 heavy (non-hydrogen) atoms. The lowest BCUT2D eigenvalue weighted by Gasteiger charge is -2.33. The zero-order valence-corrected chi connectivity index (χ0v) is 15.2. The first-order valence-electron chi connectivity index (χ1n) is 9.32. The molecule has 5 rings (SSSR count). The van der Waals surface area contributed by atoms with E-state index in [4.69, 9.17) is 0 Å². The second-order valence-electron chi connectivity index (χ2n) is 7.06. The summed E-state index contributed by atoms with van der Waals surface area (Å²) in [6.07, 6.45) is 0. The average molecular weight is 362 g/mol. The van der Waals surface area contributed by atoms with Gasteiger partial charge in [-0.25, -0.2) is 4.79 Å². The molecule has 1 aliphatic rings. The quantitative estimate of drug-likeness (QED) is 0.444. The summed E-state index contributed by atoms with van der Waals surface area (Å²) in [6.45, 7) is 0. The first kappa shape index (κ1) is 16.5. The number of benzene rings is 4. The Bertz CT molecular complexity index is 1140. The van der Waals surface area contributed by atoms with E-state index in [2.05, 4.69) is 36.4 Å². The topological polar surface area (TPSA) is 37.3 Å². The van der Waals surface area contributed by atoms with Crippen molar-refractivity contribution in [3.8, 4) is 11.1 Å². The SMILES string of the molecule is O=C(O)c1cccc2c1-c1ccccc1C2(c1ccccc1)c1ccccc1. The summed E-state index contributed by atoms with van der Waals surface area (Å²) in [5.41, 5.74) is 6.02. The number of hydrogen-bond acceptors (Lipinski definition) is 1. The molecule has 0 aromatic heterocycles. The monoisotopic (exact) mass is 362 g/mol. The zero-order valence-electron chi connectivity index (χ0n) is 15.2.